The van der Waals surface area contributed by atoms with E-state index in [0.717, 1.165) is 38.6 Å². The summed E-state index contributed by atoms with van der Waals surface area (Å²) in [4.78, 5) is 0. The lowest BCUT2D eigenvalue weighted by atomic mass is 9.89. The minimum atomic E-state index is -0.449. The summed E-state index contributed by atoms with van der Waals surface area (Å²) in [5.41, 5.74) is -0.449. The monoisotopic (exact) mass is 223 g/mol. The number of nitrogens with zero attached hydrogens (tertiary/aromatic N) is 1. The molecular formula is C13H21NO2. The van der Waals surface area contributed by atoms with E-state index in [1.807, 2.05) is 12.1 Å². The van der Waals surface area contributed by atoms with Crippen LogP contribution < -0.4 is 0 Å². The van der Waals surface area contributed by atoms with Crippen LogP contribution in [-0.2, 0) is 11.3 Å². The second-order valence-electron chi connectivity index (χ2n) is 4.71. The number of aryl methyl sites for hydroxylation is 1. The Labute approximate surface area is 97.0 Å². The molecule has 0 aromatic carbocycles. The fourth-order valence-corrected chi connectivity index (χ4v) is 2.27. The fraction of sp³-hybridized carbons (Fsp3) is 0.692. The molecule has 2 heterocycles. The molecule has 0 aliphatic carbocycles. The van der Waals surface area contributed by atoms with E-state index in [-0.39, 0.29) is 0 Å². The molecule has 0 amide bonds. The Hall–Kier alpha value is -0.800. The molecule has 2 rings (SSSR count). The largest absolute Gasteiger partial charge is 0.390 e. The number of aliphatic hydroxyl groups is 1. The Kier molecular flexibility index (Phi) is 4.02. The van der Waals surface area contributed by atoms with Crippen LogP contribution in [0.2, 0.25) is 0 Å². The van der Waals surface area contributed by atoms with E-state index in [4.69, 9.17) is 4.74 Å². The lowest BCUT2D eigenvalue weighted by Crippen LogP contribution is -2.35. The van der Waals surface area contributed by atoms with Crippen molar-refractivity contribution in [3.05, 3.63) is 24.5 Å². The molecule has 1 aromatic rings. The van der Waals surface area contributed by atoms with E-state index in [2.05, 4.69) is 17.0 Å². The molecular weight excluding hydrogens is 202 g/mol. The zero-order valence-corrected chi connectivity index (χ0v) is 9.77. The van der Waals surface area contributed by atoms with Crippen LogP contribution >= 0.6 is 0 Å². The molecule has 1 fully saturated rings. The highest BCUT2D eigenvalue weighted by Gasteiger charge is 2.28. The Bertz CT molecular complexity index is 289. The first-order valence-corrected chi connectivity index (χ1v) is 6.19. The predicted octanol–water partition coefficient (Wildman–Crippen LogP) is 2.20. The van der Waals surface area contributed by atoms with Crippen molar-refractivity contribution in [2.24, 2.45) is 0 Å². The molecule has 0 saturated carbocycles. The predicted molar refractivity (Wildman–Crippen MR) is 63.3 cm³/mol. The third-order valence-electron chi connectivity index (χ3n) is 3.40. The van der Waals surface area contributed by atoms with Crippen LogP contribution in [0.25, 0.3) is 0 Å². The van der Waals surface area contributed by atoms with Crippen molar-refractivity contribution in [1.29, 1.82) is 0 Å². The van der Waals surface area contributed by atoms with Crippen molar-refractivity contribution in [2.45, 2.75) is 44.2 Å². The van der Waals surface area contributed by atoms with Gasteiger partial charge in [0.25, 0.3) is 0 Å². The second kappa shape index (κ2) is 5.51. The Morgan fingerprint density at radius 2 is 1.81 bits per heavy atom. The third kappa shape index (κ3) is 3.35. The van der Waals surface area contributed by atoms with Crippen molar-refractivity contribution >= 4 is 0 Å². The average molecular weight is 223 g/mol. The normalized spacial score (nSPS) is 19.8. The lowest BCUT2D eigenvalue weighted by Gasteiger charge is -2.32. The van der Waals surface area contributed by atoms with Crippen LogP contribution in [0.15, 0.2) is 24.5 Å². The summed E-state index contributed by atoms with van der Waals surface area (Å²) in [7, 11) is 0. The first kappa shape index (κ1) is 11.7. The molecule has 3 heteroatoms. The summed E-state index contributed by atoms with van der Waals surface area (Å²) >= 11 is 0. The number of aromatic nitrogens is 1. The van der Waals surface area contributed by atoms with E-state index < -0.39 is 5.60 Å². The fourth-order valence-electron chi connectivity index (χ4n) is 2.27. The van der Waals surface area contributed by atoms with E-state index in [0.29, 0.717) is 13.2 Å². The SMILES string of the molecule is OC1(CCCCn2cccc2)CCOCC1. The second-order valence-corrected chi connectivity index (χ2v) is 4.71. The van der Waals surface area contributed by atoms with Gasteiger partial charge in [-0.05, 0) is 44.2 Å². The molecule has 90 valence electrons. The smallest absolute Gasteiger partial charge is 0.0691 e. The topological polar surface area (TPSA) is 34.4 Å². The highest BCUT2D eigenvalue weighted by atomic mass is 16.5. The Balaban J connectivity index is 1.63. The van der Waals surface area contributed by atoms with Gasteiger partial charge in [-0.25, -0.2) is 0 Å². The molecule has 0 unspecified atom stereocenters. The van der Waals surface area contributed by atoms with Gasteiger partial charge < -0.3 is 14.4 Å². The van der Waals surface area contributed by atoms with E-state index in [1.54, 1.807) is 0 Å². The first-order valence-electron chi connectivity index (χ1n) is 6.19. The van der Waals surface area contributed by atoms with E-state index in [9.17, 15) is 5.11 Å². The summed E-state index contributed by atoms with van der Waals surface area (Å²) < 4.78 is 7.45. The summed E-state index contributed by atoms with van der Waals surface area (Å²) in [6.45, 7) is 2.49. The molecule has 1 saturated heterocycles. The summed E-state index contributed by atoms with van der Waals surface area (Å²) in [6.07, 6.45) is 8.92. The number of hydrogen-bond donors (Lipinski definition) is 1. The Morgan fingerprint density at radius 3 is 2.50 bits per heavy atom. The van der Waals surface area contributed by atoms with Crippen LogP contribution in [0.4, 0.5) is 0 Å². The average Bonchev–Trinajstić information content (AvgIpc) is 2.78. The molecule has 16 heavy (non-hydrogen) atoms. The van der Waals surface area contributed by atoms with Gasteiger partial charge in [-0.2, -0.15) is 0 Å². The van der Waals surface area contributed by atoms with Gasteiger partial charge in [-0.3, -0.25) is 0 Å². The Morgan fingerprint density at radius 1 is 1.12 bits per heavy atom. The van der Waals surface area contributed by atoms with Crippen molar-refractivity contribution in [2.75, 3.05) is 13.2 Å². The van der Waals surface area contributed by atoms with Gasteiger partial charge in [0.15, 0.2) is 0 Å². The molecule has 3 nitrogen and oxygen atoms in total. The summed E-state index contributed by atoms with van der Waals surface area (Å²) in [6, 6.07) is 4.10. The van der Waals surface area contributed by atoms with Crippen molar-refractivity contribution < 1.29 is 9.84 Å². The summed E-state index contributed by atoms with van der Waals surface area (Å²) in [5.74, 6) is 0. The zero-order chi connectivity index (χ0) is 11.3. The molecule has 0 spiro atoms. The van der Waals surface area contributed by atoms with Crippen LogP contribution in [0.1, 0.15) is 32.1 Å². The molecule has 1 N–H and O–H groups in total. The van der Waals surface area contributed by atoms with Crippen molar-refractivity contribution in [3.8, 4) is 0 Å². The number of ether oxygens (including phenoxy) is 1. The van der Waals surface area contributed by atoms with Crippen molar-refractivity contribution in [1.82, 2.24) is 4.57 Å². The molecule has 0 bridgehead atoms. The maximum atomic E-state index is 10.2. The molecule has 0 atom stereocenters. The van der Waals surface area contributed by atoms with E-state index in [1.165, 1.54) is 0 Å². The first-order chi connectivity index (χ1) is 7.79. The van der Waals surface area contributed by atoms with Crippen LogP contribution in [-0.4, -0.2) is 28.5 Å². The maximum Gasteiger partial charge on any atom is 0.0691 e. The van der Waals surface area contributed by atoms with Gasteiger partial charge in [-0.1, -0.05) is 0 Å². The van der Waals surface area contributed by atoms with Gasteiger partial charge in [0, 0.05) is 32.2 Å². The van der Waals surface area contributed by atoms with Gasteiger partial charge in [0.05, 0.1) is 5.60 Å². The standard InChI is InChI=1S/C13H21NO2/c15-13(6-11-16-12-7-13)5-1-2-8-14-9-3-4-10-14/h3-4,9-10,15H,1-2,5-8,11-12H2. The lowest BCUT2D eigenvalue weighted by molar-refractivity contribution is -0.0691. The number of unbranched alkanes of at least 4 members (excludes halogenated alkanes) is 1. The highest BCUT2D eigenvalue weighted by Crippen LogP contribution is 2.26. The molecule has 1 aromatic heterocycles. The van der Waals surface area contributed by atoms with E-state index >= 15 is 0 Å². The quantitative estimate of drug-likeness (QED) is 0.776. The minimum absolute atomic E-state index is 0.449. The van der Waals surface area contributed by atoms with Crippen LogP contribution in [0, 0.1) is 0 Å². The van der Waals surface area contributed by atoms with Crippen LogP contribution in [0.3, 0.4) is 0 Å². The molecule has 1 aliphatic rings. The highest BCUT2D eigenvalue weighted by molar-refractivity contribution is 4.90. The van der Waals surface area contributed by atoms with Crippen LogP contribution in [0.5, 0.6) is 0 Å². The maximum absolute atomic E-state index is 10.2. The molecule has 0 radical (unpaired) electrons. The summed E-state index contributed by atoms with van der Waals surface area (Å²) in [5, 5.41) is 10.2. The van der Waals surface area contributed by atoms with Gasteiger partial charge in [0.1, 0.15) is 0 Å². The van der Waals surface area contributed by atoms with Crippen molar-refractivity contribution in [3.63, 3.8) is 0 Å². The minimum Gasteiger partial charge on any atom is -0.390 e. The molecule has 1 aliphatic heterocycles. The third-order valence-corrected chi connectivity index (χ3v) is 3.40. The van der Waals surface area contributed by atoms with Gasteiger partial charge >= 0.3 is 0 Å². The number of hydrogen-bond acceptors (Lipinski definition) is 2. The zero-order valence-electron chi connectivity index (χ0n) is 9.77. The van der Waals surface area contributed by atoms with Gasteiger partial charge in [-0.15, -0.1) is 0 Å². The van der Waals surface area contributed by atoms with Gasteiger partial charge in [0.2, 0.25) is 0 Å². The number of rotatable bonds is 5.